The number of hydrogen-bond acceptors (Lipinski definition) is 4. The maximum absolute atomic E-state index is 12.9. The maximum Gasteiger partial charge on any atom is 0.255 e. The number of likely N-dealkylation sites (N-methyl/N-ethyl adjacent to an activating group) is 1. The van der Waals surface area contributed by atoms with Crippen LogP contribution in [0.2, 0.25) is 0 Å². The number of aromatic nitrogens is 2. The molecular formula is C29H29N5O2. The van der Waals surface area contributed by atoms with Crippen molar-refractivity contribution in [3.63, 3.8) is 0 Å². The van der Waals surface area contributed by atoms with Gasteiger partial charge in [-0.3, -0.25) is 14.3 Å². The van der Waals surface area contributed by atoms with Crippen molar-refractivity contribution < 1.29 is 9.59 Å². The first-order chi connectivity index (χ1) is 17.5. The van der Waals surface area contributed by atoms with Gasteiger partial charge in [0.2, 0.25) is 0 Å². The Labute approximate surface area is 210 Å². The molecule has 1 aliphatic heterocycles. The lowest BCUT2D eigenvalue weighted by Gasteiger charge is -2.25. The Balaban J connectivity index is 1.20. The molecule has 1 aromatic heterocycles. The van der Waals surface area contributed by atoms with Gasteiger partial charge < -0.3 is 15.5 Å². The minimum Gasteiger partial charge on any atom is -0.348 e. The molecule has 5 rings (SSSR count). The lowest BCUT2D eigenvalue weighted by atomic mass is 9.99. The minimum absolute atomic E-state index is 0.161. The van der Waals surface area contributed by atoms with Crippen molar-refractivity contribution in [2.45, 2.75) is 26.1 Å². The second kappa shape index (κ2) is 10.6. The average Bonchev–Trinajstić information content (AvgIpc) is 3.40. The van der Waals surface area contributed by atoms with Gasteiger partial charge in [-0.1, -0.05) is 30.3 Å². The second-order valence-electron chi connectivity index (χ2n) is 9.21. The van der Waals surface area contributed by atoms with Crippen LogP contribution in [0.5, 0.6) is 0 Å². The lowest BCUT2D eigenvalue weighted by molar-refractivity contribution is 0.0950. The quantitative estimate of drug-likeness (QED) is 0.418. The minimum atomic E-state index is -0.168. The van der Waals surface area contributed by atoms with Crippen LogP contribution in [0.3, 0.4) is 0 Å². The zero-order chi connectivity index (χ0) is 24.9. The van der Waals surface area contributed by atoms with E-state index in [1.54, 1.807) is 18.3 Å². The predicted molar refractivity (Wildman–Crippen MR) is 140 cm³/mol. The lowest BCUT2D eigenvalue weighted by Crippen LogP contribution is -2.26. The number of benzene rings is 3. The van der Waals surface area contributed by atoms with E-state index in [9.17, 15) is 9.59 Å². The van der Waals surface area contributed by atoms with E-state index >= 15 is 0 Å². The fourth-order valence-electron chi connectivity index (χ4n) is 4.48. The summed E-state index contributed by atoms with van der Waals surface area (Å²) in [7, 11) is 2.11. The molecule has 0 bridgehead atoms. The van der Waals surface area contributed by atoms with Crippen molar-refractivity contribution in [3.05, 3.63) is 119 Å². The number of carbonyl (C=O) groups excluding carboxylic acids is 2. The van der Waals surface area contributed by atoms with Crippen molar-refractivity contribution in [3.8, 4) is 0 Å². The van der Waals surface area contributed by atoms with Gasteiger partial charge in [-0.05, 0) is 78.2 Å². The molecule has 2 N–H and O–H groups in total. The van der Waals surface area contributed by atoms with Crippen LogP contribution in [-0.4, -0.2) is 40.1 Å². The van der Waals surface area contributed by atoms with Crippen LogP contribution in [0.4, 0.5) is 5.69 Å². The third-order valence-corrected chi connectivity index (χ3v) is 6.40. The first-order valence-electron chi connectivity index (χ1n) is 12.1. The molecular weight excluding hydrogens is 450 g/mol. The van der Waals surface area contributed by atoms with Crippen LogP contribution in [0.25, 0.3) is 0 Å². The van der Waals surface area contributed by atoms with E-state index in [1.807, 2.05) is 59.4 Å². The largest absolute Gasteiger partial charge is 0.348 e. The average molecular weight is 480 g/mol. The van der Waals surface area contributed by atoms with Crippen LogP contribution < -0.4 is 10.6 Å². The molecule has 36 heavy (non-hydrogen) atoms. The van der Waals surface area contributed by atoms with E-state index < -0.39 is 0 Å². The normalized spacial score (nSPS) is 13.1. The number of nitrogens with one attached hydrogen (secondary N) is 2. The highest BCUT2D eigenvalue weighted by Crippen LogP contribution is 2.22. The Morgan fingerprint density at radius 3 is 2.47 bits per heavy atom. The number of nitrogens with zero attached hydrogens (tertiary/aromatic N) is 3. The molecule has 0 radical (unpaired) electrons. The molecule has 2 amide bonds. The molecule has 0 spiro atoms. The van der Waals surface area contributed by atoms with Gasteiger partial charge in [-0.25, -0.2) is 0 Å². The summed E-state index contributed by atoms with van der Waals surface area (Å²) in [6.07, 6.45) is 4.65. The molecule has 4 aromatic rings. The number of anilines is 1. The Bertz CT molecular complexity index is 1380. The Hall–Kier alpha value is -4.23. The molecule has 1 aliphatic rings. The zero-order valence-electron chi connectivity index (χ0n) is 20.3. The summed E-state index contributed by atoms with van der Waals surface area (Å²) in [5, 5.41) is 10.2. The van der Waals surface area contributed by atoms with Crippen molar-refractivity contribution >= 4 is 17.5 Å². The van der Waals surface area contributed by atoms with Crippen molar-refractivity contribution in [2.75, 3.05) is 18.9 Å². The van der Waals surface area contributed by atoms with E-state index in [-0.39, 0.29) is 11.8 Å². The van der Waals surface area contributed by atoms with Gasteiger partial charge in [0.25, 0.3) is 11.8 Å². The second-order valence-corrected chi connectivity index (χ2v) is 9.21. The van der Waals surface area contributed by atoms with Crippen LogP contribution >= 0.6 is 0 Å². The molecule has 3 aromatic carbocycles. The first kappa shape index (κ1) is 23.5. The predicted octanol–water partition coefficient (Wildman–Crippen LogP) is 4.10. The summed E-state index contributed by atoms with van der Waals surface area (Å²) in [6, 6.07) is 22.9. The SMILES string of the molecule is CN1CCc2ccc(NC(=O)c3cccc(CNC(=O)c4cccc(Cn5cccn5)c4)c3)cc2C1. The molecule has 0 saturated heterocycles. The molecule has 7 heteroatoms. The summed E-state index contributed by atoms with van der Waals surface area (Å²) in [4.78, 5) is 27.9. The topological polar surface area (TPSA) is 79.3 Å². The molecule has 7 nitrogen and oxygen atoms in total. The third kappa shape index (κ3) is 5.70. The Kier molecular flexibility index (Phi) is 6.91. The van der Waals surface area contributed by atoms with Crippen molar-refractivity contribution in [1.29, 1.82) is 0 Å². The van der Waals surface area contributed by atoms with E-state index in [1.165, 1.54) is 11.1 Å². The molecule has 0 atom stereocenters. The summed E-state index contributed by atoms with van der Waals surface area (Å²) in [5.74, 6) is -0.329. The van der Waals surface area contributed by atoms with Gasteiger partial charge >= 0.3 is 0 Å². The highest BCUT2D eigenvalue weighted by molar-refractivity contribution is 6.04. The fourth-order valence-corrected chi connectivity index (χ4v) is 4.48. The van der Waals surface area contributed by atoms with Crippen LogP contribution in [-0.2, 0) is 26.1 Å². The van der Waals surface area contributed by atoms with Crippen LogP contribution in [0.1, 0.15) is 43.0 Å². The fraction of sp³-hybridized carbons (Fsp3) is 0.207. The van der Waals surface area contributed by atoms with E-state index in [0.29, 0.717) is 24.2 Å². The number of fused-ring (bicyclic) bond motifs is 1. The maximum atomic E-state index is 12.9. The zero-order valence-corrected chi connectivity index (χ0v) is 20.3. The molecule has 0 aliphatic carbocycles. The highest BCUT2D eigenvalue weighted by Gasteiger charge is 2.15. The smallest absolute Gasteiger partial charge is 0.255 e. The van der Waals surface area contributed by atoms with Gasteiger partial charge in [-0.2, -0.15) is 5.10 Å². The molecule has 0 fully saturated rings. The number of amides is 2. The Morgan fingerprint density at radius 2 is 1.67 bits per heavy atom. The Morgan fingerprint density at radius 1 is 0.889 bits per heavy atom. The monoisotopic (exact) mass is 479 g/mol. The molecule has 0 unspecified atom stereocenters. The van der Waals surface area contributed by atoms with Crippen molar-refractivity contribution in [1.82, 2.24) is 20.0 Å². The van der Waals surface area contributed by atoms with E-state index in [4.69, 9.17) is 0 Å². The molecule has 0 saturated carbocycles. The van der Waals surface area contributed by atoms with Crippen molar-refractivity contribution in [2.24, 2.45) is 0 Å². The summed E-state index contributed by atoms with van der Waals surface area (Å²) < 4.78 is 1.82. The number of carbonyl (C=O) groups is 2. The van der Waals surface area contributed by atoms with Crippen LogP contribution in [0.15, 0.2) is 85.2 Å². The third-order valence-electron chi connectivity index (χ3n) is 6.40. The summed E-state index contributed by atoms with van der Waals surface area (Å²) >= 11 is 0. The van der Waals surface area contributed by atoms with Gasteiger partial charge in [0.05, 0.1) is 6.54 Å². The van der Waals surface area contributed by atoms with Gasteiger partial charge in [0.1, 0.15) is 0 Å². The van der Waals surface area contributed by atoms with Gasteiger partial charge in [0, 0.05) is 48.8 Å². The standard InChI is InChI=1S/C29H29N5O2/c1-33-14-11-23-9-10-27(17-26(23)20-33)32-29(36)25-8-2-5-21(15-25)18-30-28(35)24-7-3-6-22(16-24)19-34-13-4-12-31-34/h2-10,12-13,15-17H,11,14,18-20H2,1H3,(H,30,35)(H,32,36). The van der Waals surface area contributed by atoms with Gasteiger partial charge in [0.15, 0.2) is 0 Å². The molecule has 182 valence electrons. The molecule has 2 heterocycles. The highest BCUT2D eigenvalue weighted by atomic mass is 16.2. The first-order valence-corrected chi connectivity index (χ1v) is 12.1. The number of hydrogen-bond donors (Lipinski definition) is 2. The van der Waals surface area contributed by atoms with Crippen LogP contribution in [0, 0.1) is 0 Å². The summed E-state index contributed by atoms with van der Waals surface area (Å²) in [6.45, 7) is 2.87. The number of rotatable bonds is 7. The van der Waals surface area contributed by atoms with E-state index in [0.717, 1.165) is 36.3 Å². The van der Waals surface area contributed by atoms with Gasteiger partial charge in [-0.15, -0.1) is 0 Å². The van der Waals surface area contributed by atoms with E-state index in [2.05, 4.69) is 39.8 Å². The summed E-state index contributed by atoms with van der Waals surface area (Å²) in [5.41, 5.74) is 6.39.